The van der Waals surface area contributed by atoms with Crippen molar-refractivity contribution in [2.75, 3.05) is 44.9 Å². The summed E-state index contributed by atoms with van der Waals surface area (Å²) in [6, 6.07) is 0. The number of esters is 1. The fourth-order valence-corrected chi connectivity index (χ4v) is 3.51. The van der Waals surface area contributed by atoms with Gasteiger partial charge in [0.25, 0.3) is 5.91 Å². The first-order valence-corrected chi connectivity index (χ1v) is 7.33. The number of amides is 1. The van der Waals surface area contributed by atoms with Gasteiger partial charge in [-0.25, -0.2) is 4.79 Å². The van der Waals surface area contributed by atoms with Crippen LogP contribution in [0.1, 0.15) is 26.5 Å². The van der Waals surface area contributed by atoms with E-state index < -0.39 is 12.1 Å². The third-order valence-electron chi connectivity index (χ3n) is 3.37. The van der Waals surface area contributed by atoms with Gasteiger partial charge in [-0.2, -0.15) is 0 Å². The molecule has 0 aromatic carbocycles. The van der Waals surface area contributed by atoms with Gasteiger partial charge in [-0.1, -0.05) is 0 Å². The molecular formula is C13H19N3O4S. The van der Waals surface area contributed by atoms with E-state index >= 15 is 0 Å². The summed E-state index contributed by atoms with van der Waals surface area (Å²) in [6.07, 6.45) is 0.182. The summed E-state index contributed by atoms with van der Waals surface area (Å²) in [6.45, 7) is 1.03. The minimum atomic E-state index is -0.571. The van der Waals surface area contributed by atoms with Crippen LogP contribution >= 0.6 is 11.3 Å². The number of nitrogen functional groups attached to an aromatic ring is 1. The van der Waals surface area contributed by atoms with E-state index in [1.807, 2.05) is 4.90 Å². The van der Waals surface area contributed by atoms with Gasteiger partial charge in [0.15, 0.2) is 0 Å². The van der Waals surface area contributed by atoms with Crippen LogP contribution in [0.25, 0.3) is 0 Å². The van der Waals surface area contributed by atoms with Gasteiger partial charge in [0, 0.05) is 27.2 Å². The molecular weight excluding hydrogens is 294 g/mol. The molecule has 2 heterocycles. The lowest BCUT2D eigenvalue weighted by molar-refractivity contribution is 0.0603. The van der Waals surface area contributed by atoms with Crippen molar-refractivity contribution in [3.05, 3.63) is 10.4 Å². The number of nitrogens with two attached hydrogens (primary N) is 1. The molecule has 0 saturated carbocycles. The van der Waals surface area contributed by atoms with Crippen molar-refractivity contribution in [3.8, 4) is 0 Å². The number of aliphatic hydroxyl groups is 1. The predicted octanol–water partition coefficient (Wildman–Crippen LogP) is 0.390. The van der Waals surface area contributed by atoms with Gasteiger partial charge in [0.05, 0.1) is 18.9 Å². The van der Waals surface area contributed by atoms with Crippen molar-refractivity contribution in [1.82, 2.24) is 4.90 Å². The molecule has 1 aromatic heterocycles. The second-order valence-corrected chi connectivity index (χ2v) is 6.10. The van der Waals surface area contributed by atoms with Crippen LogP contribution in [0, 0.1) is 0 Å². The van der Waals surface area contributed by atoms with Crippen molar-refractivity contribution in [2.45, 2.75) is 12.5 Å². The lowest BCUT2D eigenvalue weighted by Crippen LogP contribution is -2.22. The van der Waals surface area contributed by atoms with Crippen molar-refractivity contribution < 1.29 is 19.4 Å². The molecule has 7 nitrogen and oxygen atoms in total. The normalized spacial score (nSPS) is 17.9. The van der Waals surface area contributed by atoms with E-state index in [4.69, 9.17) is 10.5 Å². The first kappa shape index (κ1) is 15.6. The lowest BCUT2D eigenvalue weighted by atomic mass is 10.2. The van der Waals surface area contributed by atoms with Gasteiger partial charge in [0.2, 0.25) is 0 Å². The summed E-state index contributed by atoms with van der Waals surface area (Å²) in [4.78, 5) is 27.7. The molecule has 0 spiro atoms. The predicted molar refractivity (Wildman–Crippen MR) is 80.9 cm³/mol. The minimum Gasteiger partial charge on any atom is -0.465 e. The summed E-state index contributed by atoms with van der Waals surface area (Å²) in [7, 11) is 4.52. The Bertz CT molecular complexity index is 570. The van der Waals surface area contributed by atoms with Gasteiger partial charge < -0.3 is 25.4 Å². The van der Waals surface area contributed by atoms with Gasteiger partial charge in [-0.3, -0.25) is 4.79 Å². The fraction of sp³-hybridized carbons (Fsp3) is 0.538. The Balaban J connectivity index is 2.50. The van der Waals surface area contributed by atoms with E-state index in [2.05, 4.69) is 0 Å². The highest BCUT2D eigenvalue weighted by Crippen LogP contribution is 2.40. The molecule has 1 fully saturated rings. The van der Waals surface area contributed by atoms with Crippen molar-refractivity contribution in [3.63, 3.8) is 0 Å². The number of hydrogen-bond donors (Lipinski definition) is 2. The van der Waals surface area contributed by atoms with E-state index in [9.17, 15) is 14.7 Å². The summed E-state index contributed by atoms with van der Waals surface area (Å²) >= 11 is 1.16. The second-order valence-electron chi connectivity index (χ2n) is 5.10. The maximum absolute atomic E-state index is 12.2. The molecule has 1 aliphatic heterocycles. The largest absolute Gasteiger partial charge is 0.465 e. The maximum Gasteiger partial charge on any atom is 0.343 e. The van der Waals surface area contributed by atoms with Crippen LogP contribution in [0.15, 0.2) is 0 Å². The number of thiophene rings is 1. The topological polar surface area (TPSA) is 96.1 Å². The van der Waals surface area contributed by atoms with E-state index in [1.54, 1.807) is 14.1 Å². The fourth-order valence-electron chi connectivity index (χ4n) is 2.24. The molecule has 0 bridgehead atoms. The Morgan fingerprint density at radius 1 is 1.48 bits per heavy atom. The number of hydrogen-bond acceptors (Lipinski definition) is 7. The Hall–Kier alpha value is -1.80. The summed E-state index contributed by atoms with van der Waals surface area (Å²) in [5, 5.41) is 10.2. The molecule has 1 aromatic rings. The Morgan fingerprint density at radius 2 is 2.14 bits per heavy atom. The number of aliphatic hydroxyl groups excluding tert-OH is 1. The first-order valence-electron chi connectivity index (χ1n) is 6.52. The molecule has 1 unspecified atom stereocenters. The molecule has 3 N–H and O–H groups in total. The van der Waals surface area contributed by atoms with Crippen LogP contribution in [0.3, 0.4) is 0 Å². The molecule has 1 saturated heterocycles. The Kier molecular flexibility index (Phi) is 4.38. The Morgan fingerprint density at radius 3 is 2.62 bits per heavy atom. The number of anilines is 2. The van der Waals surface area contributed by atoms with Gasteiger partial charge in [-0.05, 0) is 6.42 Å². The van der Waals surface area contributed by atoms with Crippen LogP contribution < -0.4 is 10.6 Å². The monoisotopic (exact) mass is 313 g/mol. The number of carbonyl (C=O) groups is 2. The van der Waals surface area contributed by atoms with Gasteiger partial charge >= 0.3 is 5.97 Å². The summed E-state index contributed by atoms with van der Waals surface area (Å²) in [5.74, 6) is -0.827. The molecule has 0 radical (unpaired) electrons. The highest BCUT2D eigenvalue weighted by atomic mass is 32.1. The number of nitrogens with zero attached hydrogens (tertiary/aromatic N) is 2. The zero-order chi connectivity index (χ0) is 15.7. The van der Waals surface area contributed by atoms with Crippen molar-refractivity contribution >= 4 is 33.9 Å². The zero-order valence-electron chi connectivity index (χ0n) is 12.3. The highest BCUT2D eigenvalue weighted by molar-refractivity contribution is 7.19. The van der Waals surface area contributed by atoms with E-state index in [0.717, 1.165) is 11.3 Å². The molecule has 21 heavy (non-hydrogen) atoms. The van der Waals surface area contributed by atoms with Gasteiger partial charge in [-0.15, -0.1) is 11.3 Å². The number of β-amino-alcohol motifs (C(OH)–C–C–N with tert-alkyl or cyclic N) is 1. The molecule has 1 atom stereocenters. The highest BCUT2D eigenvalue weighted by Gasteiger charge is 2.32. The average Bonchev–Trinajstić information content (AvgIpc) is 3.00. The summed E-state index contributed by atoms with van der Waals surface area (Å²) in [5.41, 5.74) is 6.35. The molecule has 1 aliphatic rings. The lowest BCUT2D eigenvalue weighted by Gasteiger charge is -2.16. The van der Waals surface area contributed by atoms with E-state index in [1.165, 1.54) is 12.0 Å². The maximum atomic E-state index is 12.2. The summed E-state index contributed by atoms with van der Waals surface area (Å²) < 4.78 is 4.77. The van der Waals surface area contributed by atoms with Crippen LogP contribution in [-0.4, -0.2) is 62.3 Å². The first-order chi connectivity index (χ1) is 9.86. The van der Waals surface area contributed by atoms with E-state index in [-0.39, 0.29) is 17.2 Å². The third-order valence-corrected chi connectivity index (χ3v) is 4.62. The SMILES string of the molecule is COC(=O)c1c(N2CCC(O)C2)sc(C(=O)N(C)C)c1N. The second kappa shape index (κ2) is 5.90. The van der Waals surface area contributed by atoms with Crippen LogP contribution in [-0.2, 0) is 4.74 Å². The number of ether oxygens (including phenoxy) is 1. The van der Waals surface area contributed by atoms with E-state index in [0.29, 0.717) is 29.4 Å². The number of methoxy groups -OCH3 is 1. The minimum absolute atomic E-state index is 0.141. The number of rotatable bonds is 3. The zero-order valence-corrected chi connectivity index (χ0v) is 13.1. The molecule has 8 heteroatoms. The third kappa shape index (κ3) is 2.81. The van der Waals surface area contributed by atoms with Crippen LogP contribution in [0.2, 0.25) is 0 Å². The smallest absolute Gasteiger partial charge is 0.343 e. The molecule has 2 rings (SSSR count). The van der Waals surface area contributed by atoms with Crippen LogP contribution in [0.5, 0.6) is 0 Å². The molecule has 1 amide bonds. The Labute approximate surface area is 126 Å². The number of carbonyl (C=O) groups excluding carboxylic acids is 2. The van der Waals surface area contributed by atoms with Crippen molar-refractivity contribution in [1.29, 1.82) is 0 Å². The average molecular weight is 313 g/mol. The molecule has 116 valence electrons. The quantitative estimate of drug-likeness (QED) is 0.784. The van der Waals surface area contributed by atoms with Crippen molar-refractivity contribution in [2.24, 2.45) is 0 Å². The van der Waals surface area contributed by atoms with Crippen LogP contribution in [0.4, 0.5) is 10.7 Å². The standard InChI is InChI=1S/C13H19N3O4S/c1-15(2)11(18)10-9(14)8(13(19)20-3)12(21-10)16-5-4-7(17)6-16/h7,17H,4-6,14H2,1-3H3. The molecule has 0 aliphatic carbocycles. The van der Waals surface area contributed by atoms with Gasteiger partial charge in [0.1, 0.15) is 15.4 Å².